The summed E-state index contributed by atoms with van der Waals surface area (Å²) in [6.45, 7) is 14.5. The van der Waals surface area contributed by atoms with Gasteiger partial charge in [-0.3, -0.25) is 4.90 Å². The predicted octanol–water partition coefficient (Wildman–Crippen LogP) is 2.77. The molecule has 0 amide bonds. The number of aliphatic hydroxyl groups excluding tert-OH is 2. The fraction of sp³-hybridized carbons (Fsp3) is 0.684. The zero-order valence-corrected chi connectivity index (χ0v) is 15.5. The van der Waals surface area contributed by atoms with E-state index < -0.39 is 0 Å². The van der Waals surface area contributed by atoms with Crippen molar-refractivity contribution < 1.29 is 15.3 Å². The SMILES string of the molecule is CC(C)(C)c1ccc(O)c(C(C)(C)C)c1CN(CCO)CCO. The summed E-state index contributed by atoms with van der Waals surface area (Å²) in [4.78, 5) is 2.03. The molecule has 23 heavy (non-hydrogen) atoms. The lowest BCUT2D eigenvalue weighted by Gasteiger charge is -2.33. The molecule has 0 bridgehead atoms. The van der Waals surface area contributed by atoms with Crippen LogP contribution in [-0.2, 0) is 17.4 Å². The lowest BCUT2D eigenvalue weighted by atomic mass is 9.75. The van der Waals surface area contributed by atoms with Gasteiger partial charge in [-0.2, -0.15) is 0 Å². The van der Waals surface area contributed by atoms with Gasteiger partial charge in [-0.1, -0.05) is 47.6 Å². The zero-order valence-electron chi connectivity index (χ0n) is 15.5. The van der Waals surface area contributed by atoms with Gasteiger partial charge in [-0.05, 0) is 28.0 Å². The Morgan fingerprint density at radius 3 is 1.78 bits per heavy atom. The fourth-order valence-electron chi connectivity index (χ4n) is 3.12. The molecule has 0 saturated heterocycles. The Morgan fingerprint density at radius 1 is 0.870 bits per heavy atom. The Bertz CT molecular complexity index is 507. The van der Waals surface area contributed by atoms with Gasteiger partial charge in [-0.15, -0.1) is 0 Å². The zero-order chi connectivity index (χ0) is 17.8. The number of phenols is 1. The van der Waals surface area contributed by atoms with Crippen molar-refractivity contribution in [2.45, 2.75) is 58.9 Å². The second-order valence-corrected chi connectivity index (χ2v) is 8.21. The van der Waals surface area contributed by atoms with Crippen molar-refractivity contribution in [3.05, 3.63) is 28.8 Å². The monoisotopic (exact) mass is 323 g/mol. The predicted molar refractivity (Wildman–Crippen MR) is 95.0 cm³/mol. The summed E-state index contributed by atoms with van der Waals surface area (Å²) in [5.74, 6) is 0.313. The van der Waals surface area contributed by atoms with Crippen LogP contribution in [0.3, 0.4) is 0 Å². The number of rotatable bonds is 6. The molecule has 0 saturated carbocycles. The molecule has 0 unspecified atom stereocenters. The molecule has 0 fully saturated rings. The van der Waals surface area contributed by atoms with E-state index in [1.807, 2.05) is 11.0 Å². The molecule has 0 aliphatic rings. The van der Waals surface area contributed by atoms with Crippen LogP contribution in [0, 0.1) is 0 Å². The Labute approximate surface area is 140 Å². The molecule has 3 N–H and O–H groups in total. The van der Waals surface area contributed by atoms with Crippen LogP contribution in [0.5, 0.6) is 5.75 Å². The van der Waals surface area contributed by atoms with Gasteiger partial charge >= 0.3 is 0 Å². The van der Waals surface area contributed by atoms with E-state index in [2.05, 4.69) is 41.5 Å². The molecule has 0 aliphatic carbocycles. The number of hydrogen-bond acceptors (Lipinski definition) is 4. The minimum atomic E-state index is -0.190. The van der Waals surface area contributed by atoms with Gasteiger partial charge in [0.1, 0.15) is 5.75 Å². The van der Waals surface area contributed by atoms with Gasteiger partial charge in [0.05, 0.1) is 13.2 Å². The van der Waals surface area contributed by atoms with Crippen LogP contribution in [-0.4, -0.2) is 46.5 Å². The summed E-state index contributed by atoms with van der Waals surface area (Å²) in [7, 11) is 0. The Morgan fingerprint density at radius 2 is 1.39 bits per heavy atom. The summed E-state index contributed by atoms with van der Waals surface area (Å²) in [6.07, 6.45) is 0. The lowest BCUT2D eigenvalue weighted by Crippen LogP contribution is -2.32. The summed E-state index contributed by atoms with van der Waals surface area (Å²) in [5, 5.41) is 29.0. The smallest absolute Gasteiger partial charge is 0.119 e. The molecular weight excluding hydrogens is 290 g/mol. The van der Waals surface area contributed by atoms with Gasteiger partial charge < -0.3 is 15.3 Å². The van der Waals surface area contributed by atoms with Crippen LogP contribution in [0.2, 0.25) is 0 Å². The van der Waals surface area contributed by atoms with Gasteiger partial charge in [0.2, 0.25) is 0 Å². The van der Waals surface area contributed by atoms with E-state index in [-0.39, 0.29) is 24.0 Å². The van der Waals surface area contributed by atoms with Crippen molar-refractivity contribution in [1.29, 1.82) is 0 Å². The second kappa shape index (κ2) is 7.65. The Kier molecular flexibility index (Phi) is 6.63. The summed E-state index contributed by atoms with van der Waals surface area (Å²) in [6, 6.07) is 3.78. The van der Waals surface area contributed by atoms with Gasteiger partial charge in [-0.25, -0.2) is 0 Å². The van der Waals surface area contributed by atoms with Crippen LogP contribution in [0.4, 0.5) is 0 Å². The number of aromatic hydroxyl groups is 1. The lowest BCUT2D eigenvalue weighted by molar-refractivity contribution is 0.154. The molecule has 0 aromatic heterocycles. The number of phenolic OH excluding ortho intramolecular Hbond substituents is 1. The first-order chi connectivity index (χ1) is 10.5. The molecule has 4 heteroatoms. The largest absolute Gasteiger partial charge is 0.508 e. The molecule has 1 aromatic carbocycles. The molecule has 1 rings (SSSR count). The van der Waals surface area contributed by atoms with Gasteiger partial charge in [0.25, 0.3) is 0 Å². The molecule has 0 aliphatic heterocycles. The van der Waals surface area contributed by atoms with Crippen LogP contribution in [0.25, 0.3) is 0 Å². The average molecular weight is 323 g/mol. The van der Waals surface area contributed by atoms with Crippen LogP contribution in [0.15, 0.2) is 12.1 Å². The maximum Gasteiger partial charge on any atom is 0.119 e. The van der Waals surface area contributed by atoms with Crippen molar-refractivity contribution in [3.63, 3.8) is 0 Å². The van der Waals surface area contributed by atoms with Crippen LogP contribution < -0.4 is 0 Å². The van der Waals surface area contributed by atoms with E-state index in [9.17, 15) is 15.3 Å². The first-order valence-corrected chi connectivity index (χ1v) is 8.32. The molecule has 4 nitrogen and oxygen atoms in total. The van der Waals surface area contributed by atoms with E-state index >= 15 is 0 Å². The van der Waals surface area contributed by atoms with E-state index in [0.717, 1.165) is 11.1 Å². The first-order valence-electron chi connectivity index (χ1n) is 8.32. The molecule has 0 heterocycles. The highest BCUT2D eigenvalue weighted by atomic mass is 16.3. The normalized spacial score (nSPS) is 12.9. The number of benzene rings is 1. The van der Waals surface area contributed by atoms with Crippen molar-refractivity contribution in [2.24, 2.45) is 0 Å². The third kappa shape index (κ3) is 5.20. The highest BCUT2D eigenvalue weighted by Crippen LogP contribution is 2.39. The summed E-state index contributed by atoms with van der Waals surface area (Å²) >= 11 is 0. The van der Waals surface area contributed by atoms with E-state index in [1.54, 1.807) is 6.07 Å². The maximum absolute atomic E-state index is 10.5. The summed E-state index contributed by atoms with van der Waals surface area (Å²) < 4.78 is 0. The van der Waals surface area contributed by atoms with Crippen molar-refractivity contribution in [2.75, 3.05) is 26.3 Å². The van der Waals surface area contributed by atoms with E-state index in [4.69, 9.17) is 0 Å². The minimum Gasteiger partial charge on any atom is -0.508 e. The van der Waals surface area contributed by atoms with Crippen molar-refractivity contribution >= 4 is 0 Å². The van der Waals surface area contributed by atoms with E-state index in [1.165, 1.54) is 5.56 Å². The minimum absolute atomic E-state index is 0.0485. The van der Waals surface area contributed by atoms with Crippen LogP contribution in [0.1, 0.15) is 58.2 Å². The molecule has 132 valence electrons. The van der Waals surface area contributed by atoms with Gasteiger partial charge in [0.15, 0.2) is 0 Å². The topological polar surface area (TPSA) is 63.9 Å². The highest BCUT2D eigenvalue weighted by molar-refractivity contribution is 5.50. The van der Waals surface area contributed by atoms with Crippen molar-refractivity contribution in [1.82, 2.24) is 4.90 Å². The molecular formula is C19H33NO3. The third-order valence-corrected chi connectivity index (χ3v) is 4.06. The molecule has 0 atom stereocenters. The second-order valence-electron chi connectivity index (χ2n) is 8.21. The fourth-order valence-corrected chi connectivity index (χ4v) is 3.12. The highest BCUT2D eigenvalue weighted by Gasteiger charge is 2.28. The number of hydrogen-bond donors (Lipinski definition) is 3. The van der Waals surface area contributed by atoms with Crippen molar-refractivity contribution in [3.8, 4) is 5.75 Å². The molecule has 0 spiro atoms. The summed E-state index contributed by atoms with van der Waals surface area (Å²) in [5.41, 5.74) is 3.01. The first kappa shape index (κ1) is 19.9. The third-order valence-electron chi connectivity index (χ3n) is 4.06. The molecule has 0 radical (unpaired) electrons. The van der Waals surface area contributed by atoms with Crippen LogP contribution >= 0.6 is 0 Å². The number of nitrogens with zero attached hydrogens (tertiary/aromatic N) is 1. The Balaban J connectivity index is 3.47. The number of aliphatic hydroxyl groups is 2. The quantitative estimate of drug-likeness (QED) is 0.753. The van der Waals surface area contributed by atoms with Gasteiger partial charge in [0, 0.05) is 25.2 Å². The average Bonchev–Trinajstić information content (AvgIpc) is 2.36. The van der Waals surface area contributed by atoms with E-state index in [0.29, 0.717) is 25.4 Å². The molecule has 1 aromatic rings. The maximum atomic E-state index is 10.5. The standard InChI is InChI=1S/C19H33NO3/c1-18(2,3)15-7-8-16(23)17(19(4,5)6)14(15)13-20(9-11-21)10-12-22/h7-8,21-23H,9-13H2,1-6H3. The Hall–Kier alpha value is -1.10.